The Bertz CT molecular complexity index is 972. The van der Waals surface area contributed by atoms with E-state index in [1.54, 1.807) is 12.1 Å². The van der Waals surface area contributed by atoms with Crippen molar-refractivity contribution in [1.29, 1.82) is 5.41 Å². The van der Waals surface area contributed by atoms with Crippen molar-refractivity contribution in [1.82, 2.24) is 10.3 Å². The monoisotopic (exact) mass is 444 g/mol. The molecular weight excluding hydrogens is 412 g/mol. The first-order chi connectivity index (χ1) is 14.8. The third kappa shape index (κ3) is 6.93. The first-order valence-electron chi connectivity index (χ1n) is 10.7. The van der Waals surface area contributed by atoms with E-state index in [1.807, 2.05) is 12.1 Å². The standard InChI is InChI=1S/C22H32N6O2S/c1-16(13-17-7-3-2-4-8-17)25-14-18-9-5-6-10-20(18)28-31(29,30)21-12-11-19(15-26-21)27-22(23)24/h5-6,9-12,15-17,25,28H,2-4,7-8,13-14H2,1H3,(H4,23,24,27). The van der Waals surface area contributed by atoms with Gasteiger partial charge in [-0.2, -0.15) is 8.42 Å². The first kappa shape index (κ1) is 23.0. The number of nitrogens with one attached hydrogen (secondary N) is 4. The fourth-order valence-corrected chi connectivity index (χ4v) is 5.06. The lowest BCUT2D eigenvalue weighted by atomic mass is 9.85. The van der Waals surface area contributed by atoms with Gasteiger partial charge in [-0.25, -0.2) is 4.98 Å². The van der Waals surface area contributed by atoms with E-state index in [-0.39, 0.29) is 11.0 Å². The molecule has 31 heavy (non-hydrogen) atoms. The van der Waals surface area contributed by atoms with E-state index < -0.39 is 10.0 Å². The molecule has 9 heteroatoms. The number of pyridine rings is 1. The van der Waals surface area contributed by atoms with Gasteiger partial charge in [0.2, 0.25) is 0 Å². The Labute approximate surface area is 184 Å². The summed E-state index contributed by atoms with van der Waals surface area (Å²) >= 11 is 0. The number of benzene rings is 1. The maximum atomic E-state index is 12.8. The molecule has 0 amide bonds. The van der Waals surface area contributed by atoms with E-state index in [1.165, 1.54) is 50.4 Å². The maximum absolute atomic E-state index is 12.8. The molecule has 1 aromatic heterocycles. The minimum Gasteiger partial charge on any atom is -0.370 e. The molecule has 1 fully saturated rings. The molecule has 1 aliphatic rings. The summed E-state index contributed by atoms with van der Waals surface area (Å²) in [5, 5.41) is 13.2. The molecule has 1 unspecified atom stereocenters. The van der Waals surface area contributed by atoms with Crippen LogP contribution in [-0.2, 0) is 16.6 Å². The highest BCUT2D eigenvalue weighted by Gasteiger charge is 2.19. The highest BCUT2D eigenvalue weighted by molar-refractivity contribution is 7.92. The Balaban J connectivity index is 1.63. The molecule has 1 aliphatic carbocycles. The smallest absolute Gasteiger partial charge is 0.279 e. The van der Waals surface area contributed by atoms with Crippen molar-refractivity contribution in [2.45, 2.75) is 63.1 Å². The van der Waals surface area contributed by atoms with Crippen LogP contribution in [0.2, 0.25) is 0 Å². The molecule has 8 nitrogen and oxygen atoms in total. The zero-order valence-corrected chi connectivity index (χ0v) is 18.7. The normalized spacial score (nSPS) is 15.9. The molecule has 0 spiro atoms. The summed E-state index contributed by atoms with van der Waals surface area (Å²) in [6.07, 6.45) is 9.14. The maximum Gasteiger partial charge on any atom is 0.279 e. The van der Waals surface area contributed by atoms with Crippen LogP contribution < -0.4 is 21.1 Å². The molecular formula is C22H32N6O2S. The zero-order chi connectivity index (χ0) is 22.3. The Morgan fingerprint density at radius 1 is 1.19 bits per heavy atom. The van der Waals surface area contributed by atoms with Crippen molar-refractivity contribution in [3.63, 3.8) is 0 Å². The lowest BCUT2D eigenvalue weighted by molar-refractivity contribution is 0.305. The predicted octanol–water partition coefficient (Wildman–Crippen LogP) is 3.64. The summed E-state index contributed by atoms with van der Waals surface area (Å²) < 4.78 is 28.3. The van der Waals surface area contributed by atoms with Crippen molar-refractivity contribution in [2.75, 3.05) is 10.0 Å². The minimum atomic E-state index is -3.84. The molecule has 1 saturated carbocycles. The number of anilines is 2. The second kappa shape index (κ2) is 10.6. The minimum absolute atomic E-state index is 0.102. The molecule has 1 aromatic carbocycles. The SMILES string of the molecule is CC(CC1CCCCC1)NCc1ccccc1NS(=O)(=O)c1ccc(NC(=N)N)cn1. The van der Waals surface area contributed by atoms with Gasteiger partial charge in [-0.1, -0.05) is 50.3 Å². The fourth-order valence-electron chi connectivity index (χ4n) is 4.03. The summed E-state index contributed by atoms with van der Waals surface area (Å²) in [4.78, 5) is 3.99. The summed E-state index contributed by atoms with van der Waals surface area (Å²) in [5.41, 5.74) is 7.14. The third-order valence-corrected chi connectivity index (χ3v) is 6.89. The number of hydrogen-bond donors (Lipinski definition) is 5. The van der Waals surface area contributed by atoms with Gasteiger partial charge in [0.15, 0.2) is 11.0 Å². The van der Waals surface area contributed by atoms with Gasteiger partial charge < -0.3 is 16.4 Å². The van der Waals surface area contributed by atoms with Crippen LogP contribution in [0.4, 0.5) is 11.4 Å². The van der Waals surface area contributed by atoms with Crippen LogP contribution >= 0.6 is 0 Å². The van der Waals surface area contributed by atoms with Crippen LogP contribution in [0.1, 0.15) is 51.0 Å². The van der Waals surface area contributed by atoms with Gasteiger partial charge in [-0.05, 0) is 43.0 Å². The number of nitrogens with zero attached hydrogens (tertiary/aromatic N) is 1. The number of guanidine groups is 1. The summed E-state index contributed by atoms with van der Waals surface area (Å²) in [6.45, 7) is 2.78. The van der Waals surface area contributed by atoms with Crippen LogP contribution in [0.25, 0.3) is 0 Å². The second-order valence-electron chi connectivity index (χ2n) is 8.21. The highest BCUT2D eigenvalue weighted by atomic mass is 32.2. The van der Waals surface area contributed by atoms with Gasteiger partial charge in [0.25, 0.3) is 10.0 Å². The Kier molecular flexibility index (Phi) is 7.86. The average molecular weight is 445 g/mol. The third-order valence-electron chi connectivity index (χ3n) is 5.60. The van der Waals surface area contributed by atoms with Gasteiger partial charge in [0.05, 0.1) is 17.6 Å². The number of aromatic nitrogens is 1. The molecule has 0 radical (unpaired) electrons. The predicted molar refractivity (Wildman–Crippen MR) is 125 cm³/mol. The van der Waals surface area contributed by atoms with Crippen molar-refractivity contribution in [3.8, 4) is 0 Å². The number of para-hydroxylation sites is 1. The number of hydrogen-bond acceptors (Lipinski definition) is 5. The molecule has 3 rings (SSSR count). The number of nitrogens with two attached hydrogens (primary N) is 1. The number of sulfonamides is 1. The van der Waals surface area contributed by atoms with Crippen LogP contribution in [0.5, 0.6) is 0 Å². The van der Waals surface area contributed by atoms with Crippen LogP contribution in [0.3, 0.4) is 0 Å². The van der Waals surface area contributed by atoms with Crippen molar-refractivity contribution >= 4 is 27.4 Å². The summed E-state index contributed by atoms with van der Waals surface area (Å²) in [6, 6.07) is 10.7. The highest BCUT2D eigenvalue weighted by Crippen LogP contribution is 2.27. The average Bonchev–Trinajstić information content (AvgIpc) is 2.73. The lowest BCUT2D eigenvalue weighted by Gasteiger charge is -2.25. The van der Waals surface area contributed by atoms with Gasteiger partial charge in [0.1, 0.15) is 0 Å². The van der Waals surface area contributed by atoms with Crippen LogP contribution in [-0.4, -0.2) is 25.4 Å². The Morgan fingerprint density at radius 3 is 2.61 bits per heavy atom. The summed E-state index contributed by atoms with van der Waals surface area (Å²) in [5.74, 6) is 0.547. The topological polar surface area (TPSA) is 133 Å². The quantitative estimate of drug-likeness (QED) is 0.296. The van der Waals surface area contributed by atoms with Gasteiger partial charge in [-0.3, -0.25) is 10.1 Å². The first-order valence-corrected chi connectivity index (χ1v) is 12.2. The molecule has 0 saturated heterocycles. The Morgan fingerprint density at radius 2 is 1.94 bits per heavy atom. The zero-order valence-electron chi connectivity index (χ0n) is 17.9. The molecule has 0 bridgehead atoms. The van der Waals surface area contributed by atoms with Crippen molar-refractivity contribution in [2.24, 2.45) is 11.7 Å². The van der Waals surface area contributed by atoms with Gasteiger partial charge >= 0.3 is 0 Å². The van der Waals surface area contributed by atoms with E-state index >= 15 is 0 Å². The lowest BCUT2D eigenvalue weighted by Crippen LogP contribution is -2.29. The molecule has 1 atom stereocenters. The molecule has 1 heterocycles. The van der Waals surface area contributed by atoms with Crippen LogP contribution in [0, 0.1) is 11.3 Å². The van der Waals surface area contributed by atoms with Gasteiger partial charge in [-0.15, -0.1) is 0 Å². The molecule has 168 valence electrons. The van der Waals surface area contributed by atoms with E-state index in [9.17, 15) is 8.42 Å². The second-order valence-corrected chi connectivity index (χ2v) is 9.84. The van der Waals surface area contributed by atoms with E-state index in [2.05, 4.69) is 27.3 Å². The van der Waals surface area contributed by atoms with E-state index in [0.717, 1.165) is 17.9 Å². The molecule has 0 aliphatic heterocycles. The summed E-state index contributed by atoms with van der Waals surface area (Å²) in [7, 11) is -3.84. The Hall–Kier alpha value is -2.65. The largest absolute Gasteiger partial charge is 0.370 e. The van der Waals surface area contributed by atoms with E-state index in [4.69, 9.17) is 11.1 Å². The fraction of sp³-hybridized carbons (Fsp3) is 0.455. The van der Waals surface area contributed by atoms with Gasteiger partial charge in [0, 0.05) is 12.6 Å². The molecule has 2 aromatic rings. The molecule has 6 N–H and O–H groups in total. The number of rotatable bonds is 9. The van der Waals surface area contributed by atoms with Crippen LogP contribution in [0.15, 0.2) is 47.6 Å². The van der Waals surface area contributed by atoms with Crippen molar-refractivity contribution < 1.29 is 8.42 Å². The van der Waals surface area contributed by atoms with Crippen molar-refractivity contribution in [3.05, 3.63) is 48.2 Å². The van der Waals surface area contributed by atoms with E-state index in [0.29, 0.717) is 24.0 Å².